The number of rotatable bonds is 5. The molecule has 0 fully saturated rings. The molecule has 1 heterocycles. The van der Waals surface area contributed by atoms with Gasteiger partial charge in [-0.3, -0.25) is 4.79 Å². The van der Waals surface area contributed by atoms with Crippen molar-refractivity contribution in [1.29, 1.82) is 0 Å². The van der Waals surface area contributed by atoms with Crippen LogP contribution in [0.25, 0.3) is 11.4 Å². The number of nitrogens with one attached hydrogen (secondary N) is 3. The van der Waals surface area contributed by atoms with Crippen molar-refractivity contribution in [3.05, 3.63) is 76.0 Å². The number of carboxylic acid groups (broad SMARTS) is 1. The van der Waals surface area contributed by atoms with E-state index in [0.29, 0.717) is 5.56 Å². The zero-order chi connectivity index (χ0) is 21.0. The first-order valence-corrected chi connectivity index (χ1v) is 8.30. The first-order chi connectivity index (χ1) is 13.8. The summed E-state index contributed by atoms with van der Waals surface area (Å²) < 4.78 is 12.9. The number of benzene rings is 2. The molecule has 0 saturated heterocycles. The van der Waals surface area contributed by atoms with Gasteiger partial charge in [0, 0.05) is 12.1 Å². The molecule has 3 rings (SSSR count). The minimum Gasteiger partial charge on any atom is -0.501 e. The smallest absolute Gasteiger partial charge is 0.358 e. The van der Waals surface area contributed by atoms with Crippen molar-refractivity contribution in [2.45, 2.75) is 6.54 Å². The van der Waals surface area contributed by atoms with Crippen LogP contribution in [0, 0.1) is 5.82 Å². The largest absolute Gasteiger partial charge is 0.501 e. The second kappa shape index (κ2) is 8.21. The van der Waals surface area contributed by atoms with E-state index in [2.05, 4.69) is 20.6 Å². The Labute approximate surface area is 162 Å². The normalized spacial score (nSPS) is 10.4. The number of carboxylic acids is 1. The molecular weight excluding hydrogens is 383 g/mol. The summed E-state index contributed by atoms with van der Waals surface area (Å²) in [7, 11) is 0. The van der Waals surface area contributed by atoms with Gasteiger partial charge in [-0.05, 0) is 29.8 Å². The highest BCUT2D eigenvalue weighted by Crippen LogP contribution is 2.25. The Morgan fingerprint density at radius 1 is 1.10 bits per heavy atom. The Hall–Kier alpha value is -4.21. The van der Waals surface area contributed by atoms with Crippen LogP contribution in [0.5, 0.6) is 5.75 Å². The second-order valence-electron chi connectivity index (χ2n) is 5.90. The van der Waals surface area contributed by atoms with Gasteiger partial charge in [-0.1, -0.05) is 24.3 Å². The fourth-order valence-corrected chi connectivity index (χ4v) is 2.49. The summed E-state index contributed by atoms with van der Waals surface area (Å²) >= 11 is 0. The maximum Gasteiger partial charge on any atom is 0.358 e. The number of hydrogen-bond donors (Lipinski definition) is 5. The van der Waals surface area contributed by atoms with Crippen LogP contribution in [0.15, 0.2) is 53.3 Å². The number of hydrogen-bond acceptors (Lipinski definition) is 5. The van der Waals surface area contributed by atoms with Crippen molar-refractivity contribution >= 4 is 17.7 Å². The number of aromatic carboxylic acids is 1. The zero-order valence-corrected chi connectivity index (χ0v) is 14.8. The number of nitrogens with zero attached hydrogens (tertiary/aromatic N) is 1. The van der Waals surface area contributed by atoms with Gasteiger partial charge in [0.25, 0.3) is 5.56 Å². The SMILES string of the molecule is O=C(NCc1ccc(F)cc1)Nc1ccccc1-c1nc(C(=O)O)c(O)c(=O)[nH]1. The average Bonchev–Trinajstić information content (AvgIpc) is 2.70. The number of aromatic hydroxyl groups is 1. The zero-order valence-electron chi connectivity index (χ0n) is 14.8. The van der Waals surface area contributed by atoms with Crippen LogP contribution in [0.4, 0.5) is 14.9 Å². The maximum absolute atomic E-state index is 12.9. The van der Waals surface area contributed by atoms with E-state index >= 15 is 0 Å². The predicted molar refractivity (Wildman–Crippen MR) is 101 cm³/mol. The summed E-state index contributed by atoms with van der Waals surface area (Å²) in [6, 6.07) is 11.3. The number of urea groups is 1. The summed E-state index contributed by atoms with van der Waals surface area (Å²) in [6.07, 6.45) is 0. The molecule has 2 amide bonds. The van der Waals surface area contributed by atoms with Crippen LogP contribution in [-0.2, 0) is 6.54 Å². The summed E-state index contributed by atoms with van der Waals surface area (Å²) in [5.74, 6) is -3.11. The van der Waals surface area contributed by atoms with Crippen molar-refractivity contribution in [2.75, 3.05) is 5.32 Å². The maximum atomic E-state index is 12.9. The molecule has 0 atom stereocenters. The minimum absolute atomic E-state index is 0.139. The van der Waals surface area contributed by atoms with Crippen LogP contribution >= 0.6 is 0 Å². The lowest BCUT2D eigenvalue weighted by molar-refractivity contribution is 0.0686. The van der Waals surface area contributed by atoms with Crippen LogP contribution in [0.3, 0.4) is 0 Å². The molecule has 0 radical (unpaired) electrons. The van der Waals surface area contributed by atoms with Crippen LogP contribution in [0.1, 0.15) is 16.1 Å². The van der Waals surface area contributed by atoms with Gasteiger partial charge in [-0.15, -0.1) is 0 Å². The van der Waals surface area contributed by atoms with E-state index < -0.39 is 29.0 Å². The van der Waals surface area contributed by atoms with E-state index in [1.54, 1.807) is 12.1 Å². The molecule has 0 unspecified atom stereocenters. The fourth-order valence-electron chi connectivity index (χ4n) is 2.49. The van der Waals surface area contributed by atoms with Gasteiger partial charge in [0.1, 0.15) is 11.6 Å². The number of anilines is 1. The van der Waals surface area contributed by atoms with Crippen LogP contribution < -0.4 is 16.2 Å². The van der Waals surface area contributed by atoms with Gasteiger partial charge in [0.15, 0.2) is 5.69 Å². The number of aromatic nitrogens is 2. The molecule has 29 heavy (non-hydrogen) atoms. The molecule has 0 aliphatic rings. The number of halogens is 1. The molecule has 0 bridgehead atoms. The molecule has 148 valence electrons. The van der Waals surface area contributed by atoms with E-state index in [1.807, 2.05) is 0 Å². The van der Waals surface area contributed by atoms with E-state index in [9.17, 15) is 23.9 Å². The van der Waals surface area contributed by atoms with Gasteiger partial charge in [0.05, 0.1) is 5.69 Å². The van der Waals surface area contributed by atoms with Crippen molar-refractivity contribution in [1.82, 2.24) is 15.3 Å². The second-order valence-corrected chi connectivity index (χ2v) is 5.90. The lowest BCUT2D eigenvalue weighted by atomic mass is 10.1. The molecule has 0 aliphatic heterocycles. The highest BCUT2D eigenvalue weighted by molar-refractivity contribution is 5.94. The van der Waals surface area contributed by atoms with E-state index in [1.165, 1.54) is 36.4 Å². The topological polar surface area (TPSA) is 144 Å². The summed E-state index contributed by atoms with van der Waals surface area (Å²) in [4.78, 5) is 41.2. The summed E-state index contributed by atoms with van der Waals surface area (Å²) in [5, 5.41) is 23.8. The van der Waals surface area contributed by atoms with Crippen molar-refractivity contribution in [3.63, 3.8) is 0 Å². The van der Waals surface area contributed by atoms with Crippen molar-refractivity contribution in [3.8, 4) is 17.1 Å². The van der Waals surface area contributed by atoms with Crippen LogP contribution in [0.2, 0.25) is 0 Å². The molecule has 0 aliphatic carbocycles. The monoisotopic (exact) mass is 398 g/mol. The van der Waals surface area contributed by atoms with Gasteiger partial charge < -0.3 is 25.8 Å². The van der Waals surface area contributed by atoms with Gasteiger partial charge in [-0.2, -0.15) is 0 Å². The molecular formula is C19H15FN4O5. The first kappa shape index (κ1) is 19.5. The number of para-hydroxylation sites is 1. The molecule has 5 N–H and O–H groups in total. The van der Waals surface area contributed by atoms with Gasteiger partial charge in [-0.25, -0.2) is 19.0 Å². The van der Waals surface area contributed by atoms with E-state index in [4.69, 9.17) is 5.11 Å². The Balaban J connectivity index is 1.82. The molecule has 3 aromatic rings. The number of carbonyl (C=O) groups is 2. The predicted octanol–water partition coefficient (Wildman–Crippen LogP) is 2.30. The highest BCUT2D eigenvalue weighted by atomic mass is 19.1. The Bertz CT molecular complexity index is 1130. The number of amides is 2. The molecule has 1 aromatic heterocycles. The lowest BCUT2D eigenvalue weighted by Gasteiger charge is -2.12. The third-order valence-electron chi connectivity index (χ3n) is 3.89. The molecule has 0 saturated carbocycles. The summed E-state index contributed by atoms with van der Waals surface area (Å²) in [6.45, 7) is 0.145. The first-order valence-electron chi connectivity index (χ1n) is 8.30. The molecule has 0 spiro atoms. The highest BCUT2D eigenvalue weighted by Gasteiger charge is 2.19. The third-order valence-corrected chi connectivity index (χ3v) is 3.89. The Morgan fingerprint density at radius 3 is 2.48 bits per heavy atom. The molecule has 9 nitrogen and oxygen atoms in total. The fraction of sp³-hybridized carbons (Fsp3) is 0.0526. The van der Waals surface area contributed by atoms with Gasteiger partial charge >= 0.3 is 12.0 Å². The summed E-state index contributed by atoms with van der Waals surface area (Å²) in [5.41, 5.74) is -0.661. The van der Waals surface area contributed by atoms with Crippen LogP contribution in [-0.4, -0.2) is 32.2 Å². The standard InChI is InChI=1S/C19H15FN4O5/c20-11-7-5-10(6-8-11)9-21-19(29)22-13-4-2-1-3-12(13)16-23-14(18(27)28)15(25)17(26)24-16/h1-8,25H,9H2,(H,27,28)(H2,21,22,29)(H,23,24,26). The minimum atomic E-state index is -1.57. The lowest BCUT2D eigenvalue weighted by Crippen LogP contribution is -2.28. The van der Waals surface area contributed by atoms with Gasteiger partial charge in [0.2, 0.25) is 5.75 Å². The van der Waals surface area contributed by atoms with E-state index in [0.717, 1.165) is 0 Å². The quantitative estimate of drug-likeness (QED) is 0.446. The third kappa shape index (κ3) is 4.56. The average molecular weight is 398 g/mol. The van der Waals surface area contributed by atoms with Crippen molar-refractivity contribution < 1.29 is 24.2 Å². The number of carbonyl (C=O) groups excluding carboxylic acids is 1. The molecule has 10 heteroatoms. The Morgan fingerprint density at radius 2 is 1.79 bits per heavy atom. The van der Waals surface area contributed by atoms with Crippen molar-refractivity contribution in [2.24, 2.45) is 0 Å². The van der Waals surface area contributed by atoms with E-state index in [-0.39, 0.29) is 29.4 Å². The number of aromatic amines is 1. The molecule has 2 aromatic carbocycles. The number of H-pyrrole nitrogens is 1. The Kier molecular flexibility index (Phi) is 5.54.